The predicted molar refractivity (Wildman–Crippen MR) is 165 cm³/mol. The molecule has 0 unspecified atom stereocenters. The summed E-state index contributed by atoms with van der Waals surface area (Å²) in [6, 6.07) is 19.7. The van der Waals surface area contributed by atoms with E-state index >= 15 is 0 Å². The first-order valence-corrected chi connectivity index (χ1v) is 13.4. The Balaban J connectivity index is 1.66. The summed E-state index contributed by atoms with van der Waals surface area (Å²) in [6.45, 7) is 5.28. The van der Waals surface area contributed by atoms with Crippen LogP contribution in [0.15, 0.2) is 76.3 Å². The molecule has 42 heavy (non-hydrogen) atoms. The second kappa shape index (κ2) is 9.46. The number of aromatic amines is 1. The number of para-hydroxylation sites is 1. The summed E-state index contributed by atoms with van der Waals surface area (Å²) >= 11 is 0. The van der Waals surface area contributed by atoms with Gasteiger partial charge in [-0.3, -0.25) is 14.2 Å². The molecule has 0 aliphatic rings. The number of carbonyl (C=O) groups excluding carboxylic acids is 1. The molecule has 212 valence electrons. The second-order valence-corrected chi connectivity index (χ2v) is 11.0. The molecule has 2 aromatic heterocycles. The Bertz CT molecular complexity index is 2210. The molecule has 0 atom stereocenters. The highest BCUT2D eigenvalue weighted by molar-refractivity contribution is 6.20. The van der Waals surface area contributed by atoms with Crippen molar-refractivity contribution in [1.29, 1.82) is 0 Å². The molecule has 4 aromatic carbocycles. The van der Waals surface area contributed by atoms with Crippen molar-refractivity contribution in [3.63, 3.8) is 0 Å². The van der Waals surface area contributed by atoms with Gasteiger partial charge < -0.3 is 20.6 Å². The lowest BCUT2D eigenvalue weighted by molar-refractivity contribution is 0.0787. The van der Waals surface area contributed by atoms with Crippen molar-refractivity contribution in [1.82, 2.24) is 14.1 Å². The van der Waals surface area contributed by atoms with E-state index in [9.17, 15) is 19.5 Å². The maximum atomic E-state index is 13.8. The van der Waals surface area contributed by atoms with Gasteiger partial charge in [-0.1, -0.05) is 36.4 Å². The van der Waals surface area contributed by atoms with Gasteiger partial charge in [-0.15, -0.1) is 0 Å². The largest absolute Gasteiger partial charge is 0.495 e. The van der Waals surface area contributed by atoms with Crippen molar-refractivity contribution < 1.29 is 14.6 Å². The van der Waals surface area contributed by atoms with Crippen molar-refractivity contribution >= 4 is 38.6 Å². The van der Waals surface area contributed by atoms with Crippen LogP contribution in [0.5, 0.6) is 5.75 Å². The molecular weight excluding hydrogens is 532 g/mol. The molecule has 0 radical (unpaired) electrons. The van der Waals surface area contributed by atoms with Crippen LogP contribution in [0.2, 0.25) is 0 Å². The fourth-order valence-corrected chi connectivity index (χ4v) is 5.85. The first kappa shape index (κ1) is 27.0. The number of benzene rings is 4. The Kier molecular flexibility index (Phi) is 6.09. The van der Waals surface area contributed by atoms with E-state index in [2.05, 4.69) is 4.98 Å². The average molecular weight is 563 g/mol. The molecule has 0 aliphatic heterocycles. The molecule has 0 saturated carbocycles. The lowest BCUT2D eigenvalue weighted by atomic mass is 9.92. The van der Waals surface area contributed by atoms with E-state index in [1.165, 1.54) is 16.2 Å². The van der Waals surface area contributed by atoms with E-state index in [-0.39, 0.29) is 0 Å². The van der Waals surface area contributed by atoms with Crippen LogP contribution in [0.3, 0.4) is 0 Å². The van der Waals surface area contributed by atoms with Gasteiger partial charge in [0.2, 0.25) is 0 Å². The highest BCUT2D eigenvalue weighted by atomic mass is 16.5. The monoisotopic (exact) mass is 562 g/mol. The zero-order valence-corrected chi connectivity index (χ0v) is 23.9. The van der Waals surface area contributed by atoms with E-state index in [1.54, 1.807) is 57.3 Å². The molecular formula is C33H30N4O5. The molecule has 1 amide bonds. The number of ether oxygens (including phenoxy) is 1. The number of fused-ring (bicyclic) bond motifs is 4. The zero-order chi connectivity index (χ0) is 30.1. The first-order chi connectivity index (χ1) is 19.9. The number of primary amides is 1. The summed E-state index contributed by atoms with van der Waals surface area (Å²) in [5.74, 6) is -0.140. The van der Waals surface area contributed by atoms with Gasteiger partial charge >= 0.3 is 5.69 Å². The number of aromatic nitrogens is 3. The maximum Gasteiger partial charge on any atom is 0.335 e. The SMILES string of the molecule is COc1cccc2c(=O)n(-c3cccc(-c4ccc(C(N)=O)c5[nH]c6cc(C(C)(C)O)ccc6c45)c3C)c(=O)n(C)c12. The van der Waals surface area contributed by atoms with Gasteiger partial charge in [-0.2, -0.15) is 0 Å². The normalized spacial score (nSPS) is 12.0. The van der Waals surface area contributed by atoms with E-state index in [0.29, 0.717) is 44.5 Å². The Hall–Kier alpha value is -5.15. The van der Waals surface area contributed by atoms with Crippen LogP contribution in [-0.2, 0) is 12.6 Å². The fourth-order valence-electron chi connectivity index (χ4n) is 5.85. The number of H-pyrrole nitrogens is 1. The summed E-state index contributed by atoms with van der Waals surface area (Å²) in [5, 5.41) is 12.5. The predicted octanol–water partition coefficient (Wildman–Crippen LogP) is 4.63. The van der Waals surface area contributed by atoms with Crippen molar-refractivity contribution in [3.05, 3.63) is 104 Å². The molecule has 0 fully saturated rings. The minimum absolute atomic E-state index is 0.331. The number of amides is 1. The lowest BCUT2D eigenvalue weighted by Crippen LogP contribution is -2.38. The van der Waals surface area contributed by atoms with Crippen LogP contribution in [0.1, 0.15) is 35.3 Å². The van der Waals surface area contributed by atoms with Crippen LogP contribution < -0.4 is 21.7 Å². The van der Waals surface area contributed by atoms with E-state index in [0.717, 1.165) is 27.4 Å². The summed E-state index contributed by atoms with van der Waals surface area (Å²) < 4.78 is 8.03. The number of nitrogens with two attached hydrogens (primary N) is 1. The lowest BCUT2D eigenvalue weighted by Gasteiger charge is -2.18. The zero-order valence-electron chi connectivity index (χ0n) is 23.9. The number of rotatable bonds is 5. The van der Waals surface area contributed by atoms with Crippen LogP contribution >= 0.6 is 0 Å². The third kappa shape index (κ3) is 3.93. The van der Waals surface area contributed by atoms with E-state index < -0.39 is 22.8 Å². The molecule has 0 saturated heterocycles. The second-order valence-electron chi connectivity index (χ2n) is 11.0. The molecule has 0 bridgehead atoms. The van der Waals surface area contributed by atoms with Gasteiger partial charge in [-0.25, -0.2) is 9.36 Å². The highest BCUT2D eigenvalue weighted by Crippen LogP contribution is 2.39. The number of aliphatic hydroxyl groups is 1. The van der Waals surface area contributed by atoms with Gasteiger partial charge in [0.15, 0.2) is 0 Å². The Morgan fingerprint density at radius 1 is 0.976 bits per heavy atom. The first-order valence-electron chi connectivity index (χ1n) is 13.4. The van der Waals surface area contributed by atoms with Crippen LogP contribution in [0.25, 0.3) is 49.5 Å². The van der Waals surface area contributed by atoms with E-state index in [4.69, 9.17) is 10.5 Å². The summed E-state index contributed by atoms with van der Waals surface area (Å²) in [7, 11) is 3.11. The smallest absolute Gasteiger partial charge is 0.335 e. The van der Waals surface area contributed by atoms with Crippen LogP contribution in [0, 0.1) is 6.92 Å². The Labute approximate surface area is 240 Å². The molecule has 0 aliphatic carbocycles. The quantitative estimate of drug-likeness (QED) is 0.282. The number of hydrogen-bond acceptors (Lipinski definition) is 5. The van der Waals surface area contributed by atoms with Crippen molar-refractivity contribution in [2.24, 2.45) is 12.8 Å². The van der Waals surface area contributed by atoms with Crippen LogP contribution in [-0.4, -0.2) is 32.2 Å². The standard InChI is InChI=1S/C33H30N4O5/c1-17-19(8-6-10-25(17)37-31(39)23-9-7-11-26(42-5)29(23)36(4)32(37)40)20-14-15-22(30(34)38)28-27(20)21-13-12-18(33(2,3)41)16-24(21)35-28/h6-16,35,41H,1-5H3,(H2,34,38). The Morgan fingerprint density at radius 3 is 2.40 bits per heavy atom. The van der Waals surface area contributed by atoms with E-state index in [1.807, 2.05) is 37.3 Å². The van der Waals surface area contributed by atoms with Crippen molar-refractivity contribution in [2.45, 2.75) is 26.4 Å². The minimum Gasteiger partial charge on any atom is -0.495 e. The number of hydrogen-bond donors (Lipinski definition) is 3. The maximum absolute atomic E-state index is 13.8. The Morgan fingerprint density at radius 2 is 1.71 bits per heavy atom. The molecule has 9 nitrogen and oxygen atoms in total. The van der Waals surface area contributed by atoms with Gasteiger partial charge in [0.1, 0.15) is 11.3 Å². The van der Waals surface area contributed by atoms with Gasteiger partial charge in [0, 0.05) is 23.3 Å². The summed E-state index contributed by atoms with van der Waals surface area (Å²) in [6.07, 6.45) is 0. The molecule has 6 aromatic rings. The van der Waals surface area contributed by atoms with Crippen molar-refractivity contribution in [3.8, 4) is 22.6 Å². The average Bonchev–Trinajstić information content (AvgIpc) is 3.34. The van der Waals surface area contributed by atoms with Gasteiger partial charge in [-0.05, 0) is 73.4 Å². The number of nitrogens with zero attached hydrogens (tertiary/aromatic N) is 2. The third-order valence-electron chi connectivity index (χ3n) is 8.03. The number of nitrogens with one attached hydrogen (secondary N) is 1. The fraction of sp³-hybridized carbons (Fsp3) is 0.182. The van der Waals surface area contributed by atoms with Crippen LogP contribution in [0.4, 0.5) is 0 Å². The molecule has 6 rings (SSSR count). The molecule has 0 spiro atoms. The molecule has 2 heterocycles. The van der Waals surface area contributed by atoms with Gasteiger partial charge in [0.05, 0.1) is 34.9 Å². The number of methoxy groups -OCH3 is 1. The summed E-state index contributed by atoms with van der Waals surface area (Å²) in [4.78, 5) is 43.2. The number of aryl methyl sites for hydroxylation is 1. The summed E-state index contributed by atoms with van der Waals surface area (Å²) in [5.41, 5.74) is 9.23. The van der Waals surface area contributed by atoms with Crippen molar-refractivity contribution in [2.75, 3.05) is 7.11 Å². The molecule has 9 heteroatoms. The molecule has 4 N–H and O–H groups in total. The third-order valence-corrected chi connectivity index (χ3v) is 8.03. The number of carbonyl (C=O) groups is 1. The minimum atomic E-state index is -1.06. The topological polar surface area (TPSA) is 132 Å². The van der Waals surface area contributed by atoms with Gasteiger partial charge in [0.25, 0.3) is 11.5 Å². The highest BCUT2D eigenvalue weighted by Gasteiger charge is 2.23.